The maximum Gasteiger partial charge on any atom is 0.271 e. The first kappa shape index (κ1) is 23.2. The fourth-order valence-corrected chi connectivity index (χ4v) is 5.34. The molecule has 0 bridgehead atoms. The monoisotopic (exact) mass is 518 g/mol. The predicted molar refractivity (Wildman–Crippen MR) is 139 cm³/mol. The number of pyridine rings is 1. The Morgan fingerprint density at radius 3 is 2.57 bits per heavy atom. The van der Waals surface area contributed by atoms with Crippen molar-refractivity contribution in [1.29, 1.82) is 0 Å². The highest BCUT2D eigenvalue weighted by Crippen LogP contribution is 2.32. The molecular weight excluding hydrogens is 500 g/mol. The van der Waals surface area contributed by atoms with Gasteiger partial charge in [-0.15, -0.1) is 21.5 Å². The normalized spacial score (nSPS) is 10.9. The summed E-state index contributed by atoms with van der Waals surface area (Å²) in [6.07, 6.45) is 3.43. The molecule has 5 aromatic rings. The van der Waals surface area contributed by atoms with Crippen LogP contribution in [0, 0.1) is 0 Å². The third-order valence-electron chi connectivity index (χ3n) is 5.07. The quantitative estimate of drug-likeness (QED) is 0.267. The Morgan fingerprint density at radius 1 is 1.00 bits per heavy atom. The summed E-state index contributed by atoms with van der Waals surface area (Å²) in [5.74, 6) is 1.01. The van der Waals surface area contributed by atoms with Gasteiger partial charge in [0.2, 0.25) is 0 Å². The van der Waals surface area contributed by atoms with E-state index < -0.39 is 0 Å². The number of nitrogens with one attached hydrogen (secondary N) is 1. The van der Waals surface area contributed by atoms with Crippen molar-refractivity contribution in [3.8, 4) is 17.1 Å². The number of aromatic nitrogens is 5. The summed E-state index contributed by atoms with van der Waals surface area (Å²) in [5.41, 5.74) is 3.11. The summed E-state index contributed by atoms with van der Waals surface area (Å²) in [6.45, 7) is 0.458. The molecule has 1 amide bonds. The van der Waals surface area contributed by atoms with Gasteiger partial charge in [-0.25, -0.2) is 4.98 Å². The highest BCUT2D eigenvalue weighted by molar-refractivity contribution is 7.98. The van der Waals surface area contributed by atoms with Gasteiger partial charge in [-0.2, -0.15) is 0 Å². The van der Waals surface area contributed by atoms with Crippen LogP contribution in [0.1, 0.15) is 21.1 Å². The van der Waals surface area contributed by atoms with Crippen molar-refractivity contribution in [3.05, 3.63) is 106 Å². The highest BCUT2D eigenvalue weighted by Gasteiger charge is 2.19. The van der Waals surface area contributed by atoms with Crippen LogP contribution in [0.25, 0.3) is 17.1 Å². The van der Waals surface area contributed by atoms with E-state index in [0.717, 1.165) is 21.8 Å². The zero-order valence-electron chi connectivity index (χ0n) is 18.3. The summed E-state index contributed by atoms with van der Waals surface area (Å²) in [4.78, 5) is 21.1. The number of benzene rings is 2. The molecule has 10 heteroatoms. The van der Waals surface area contributed by atoms with Gasteiger partial charge in [0.15, 0.2) is 11.0 Å². The molecule has 0 aliphatic carbocycles. The topological polar surface area (TPSA) is 85.6 Å². The lowest BCUT2D eigenvalue weighted by molar-refractivity contribution is 0.0946. The number of halogens is 1. The minimum atomic E-state index is -0.194. The van der Waals surface area contributed by atoms with Crippen molar-refractivity contribution in [2.24, 2.45) is 0 Å². The van der Waals surface area contributed by atoms with E-state index in [1.54, 1.807) is 17.8 Å². The van der Waals surface area contributed by atoms with E-state index in [4.69, 9.17) is 11.6 Å². The number of hydrogen-bond donors (Lipinski definition) is 1. The van der Waals surface area contributed by atoms with E-state index in [2.05, 4.69) is 25.5 Å². The highest BCUT2D eigenvalue weighted by atomic mass is 35.5. The van der Waals surface area contributed by atoms with Crippen molar-refractivity contribution in [3.63, 3.8) is 0 Å². The van der Waals surface area contributed by atoms with Gasteiger partial charge < -0.3 is 5.32 Å². The molecule has 7 nitrogen and oxygen atoms in total. The number of para-hydroxylation sites is 1. The average Bonchev–Trinajstić information content (AvgIpc) is 3.55. The van der Waals surface area contributed by atoms with Crippen LogP contribution >= 0.6 is 34.7 Å². The van der Waals surface area contributed by atoms with E-state index in [-0.39, 0.29) is 5.91 Å². The molecule has 0 saturated heterocycles. The maximum atomic E-state index is 12.5. The van der Waals surface area contributed by atoms with Gasteiger partial charge in [-0.3, -0.25) is 14.3 Å². The van der Waals surface area contributed by atoms with Gasteiger partial charge in [0.05, 0.1) is 16.5 Å². The summed E-state index contributed by atoms with van der Waals surface area (Å²) < 4.78 is 1.93. The van der Waals surface area contributed by atoms with Crippen LogP contribution in [0.2, 0.25) is 5.02 Å². The van der Waals surface area contributed by atoms with Crippen LogP contribution in [0.15, 0.2) is 89.7 Å². The van der Waals surface area contributed by atoms with Crippen molar-refractivity contribution in [2.45, 2.75) is 17.5 Å². The third kappa shape index (κ3) is 5.43. The second-order valence-electron chi connectivity index (χ2n) is 7.41. The van der Waals surface area contributed by atoms with E-state index in [0.29, 0.717) is 34.0 Å². The summed E-state index contributed by atoms with van der Waals surface area (Å²) >= 11 is 9.45. The molecule has 0 saturated carbocycles. The van der Waals surface area contributed by atoms with Crippen LogP contribution in [0.5, 0.6) is 0 Å². The summed E-state index contributed by atoms with van der Waals surface area (Å²) in [6, 6.07) is 21.1. The molecule has 3 aromatic heterocycles. The first-order valence-electron chi connectivity index (χ1n) is 10.7. The van der Waals surface area contributed by atoms with Gasteiger partial charge in [0.1, 0.15) is 10.7 Å². The molecule has 35 heavy (non-hydrogen) atoms. The molecule has 0 aliphatic rings. The van der Waals surface area contributed by atoms with E-state index >= 15 is 0 Å². The lowest BCUT2D eigenvalue weighted by Gasteiger charge is -2.11. The lowest BCUT2D eigenvalue weighted by atomic mass is 10.2. The minimum absolute atomic E-state index is 0.194. The smallest absolute Gasteiger partial charge is 0.271 e. The van der Waals surface area contributed by atoms with Gasteiger partial charge in [0, 0.05) is 29.9 Å². The SMILES string of the molecule is O=C(NCc1ccccc1)c1csc(CSc2nnc(-c3ccncc3)n2-c2ccccc2Cl)n1. The zero-order chi connectivity index (χ0) is 24.0. The van der Waals surface area contributed by atoms with Gasteiger partial charge in [-0.1, -0.05) is 65.8 Å². The molecular formula is C25H19ClN6OS2. The van der Waals surface area contributed by atoms with Crippen molar-refractivity contribution >= 4 is 40.6 Å². The Hall–Kier alpha value is -3.53. The molecule has 0 atom stereocenters. The molecule has 0 unspecified atom stereocenters. The van der Waals surface area contributed by atoms with Gasteiger partial charge >= 0.3 is 0 Å². The van der Waals surface area contributed by atoms with Gasteiger partial charge in [0.25, 0.3) is 5.91 Å². The number of thioether (sulfide) groups is 1. The fourth-order valence-electron chi connectivity index (χ4n) is 3.38. The van der Waals surface area contributed by atoms with Crippen molar-refractivity contribution in [2.75, 3.05) is 0 Å². The van der Waals surface area contributed by atoms with Gasteiger partial charge in [-0.05, 0) is 29.8 Å². The van der Waals surface area contributed by atoms with E-state index in [9.17, 15) is 4.79 Å². The maximum absolute atomic E-state index is 12.5. The Kier molecular flexibility index (Phi) is 7.17. The molecule has 5 rings (SSSR count). The predicted octanol–water partition coefficient (Wildman–Crippen LogP) is 5.66. The molecule has 1 N–H and O–H groups in total. The number of rotatable bonds is 8. The average molecular weight is 519 g/mol. The molecule has 2 aromatic carbocycles. The lowest BCUT2D eigenvalue weighted by Crippen LogP contribution is -2.23. The number of carbonyl (C=O) groups excluding carboxylic acids is 1. The molecule has 0 spiro atoms. The number of hydrogen-bond acceptors (Lipinski definition) is 7. The van der Waals surface area contributed by atoms with Crippen molar-refractivity contribution in [1.82, 2.24) is 30.0 Å². The fraction of sp³-hybridized carbons (Fsp3) is 0.0800. The molecule has 0 radical (unpaired) electrons. The second kappa shape index (κ2) is 10.8. The van der Waals surface area contributed by atoms with E-state index in [1.165, 1.54) is 23.1 Å². The zero-order valence-corrected chi connectivity index (χ0v) is 20.7. The first-order valence-corrected chi connectivity index (χ1v) is 12.9. The number of carbonyl (C=O) groups is 1. The third-order valence-corrected chi connectivity index (χ3v) is 7.36. The summed E-state index contributed by atoms with van der Waals surface area (Å²) in [5, 5.41) is 15.6. The standard InChI is InChI=1S/C25H19ClN6OS2/c26-19-8-4-5-9-21(19)32-23(18-10-12-27-13-11-18)30-31-25(32)35-16-22-29-20(15-34-22)24(33)28-14-17-6-2-1-3-7-17/h1-13,15H,14,16H2,(H,28,33). The van der Waals surface area contributed by atoms with Crippen molar-refractivity contribution < 1.29 is 4.79 Å². The molecule has 0 fully saturated rings. The van der Waals surface area contributed by atoms with Crippen LogP contribution in [0.4, 0.5) is 0 Å². The second-order valence-corrected chi connectivity index (χ2v) is 9.70. The number of nitrogens with zero attached hydrogens (tertiary/aromatic N) is 5. The Morgan fingerprint density at radius 2 is 1.77 bits per heavy atom. The Labute approximate surface area is 215 Å². The van der Waals surface area contributed by atoms with E-state index in [1.807, 2.05) is 71.3 Å². The van der Waals surface area contributed by atoms with Crippen LogP contribution < -0.4 is 5.32 Å². The molecule has 0 aliphatic heterocycles. The van der Waals surface area contributed by atoms with Crippen LogP contribution in [-0.2, 0) is 12.3 Å². The number of thiazole rings is 1. The largest absolute Gasteiger partial charge is 0.347 e. The molecule has 174 valence electrons. The Balaban J connectivity index is 1.33. The Bertz CT molecular complexity index is 1440. The molecule has 3 heterocycles. The first-order chi connectivity index (χ1) is 17.2. The van der Waals surface area contributed by atoms with Crippen LogP contribution in [0.3, 0.4) is 0 Å². The van der Waals surface area contributed by atoms with Crippen LogP contribution in [-0.4, -0.2) is 30.6 Å². The number of amides is 1. The minimum Gasteiger partial charge on any atom is -0.347 e. The summed E-state index contributed by atoms with van der Waals surface area (Å²) in [7, 11) is 0.